The second kappa shape index (κ2) is 6.15. The van der Waals surface area contributed by atoms with Crippen molar-refractivity contribution in [1.82, 2.24) is 15.2 Å². The summed E-state index contributed by atoms with van der Waals surface area (Å²) in [5, 5.41) is 14.6. The van der Waals surface area contributed by atoms with Gasteiger partial charge in [-0.15, -0.1) is 11.7 Å². The van der Waals surface area contributed by atoms with Crippen molar-refractivity contribution in [1.29, 1.82) is 0 Å². The Morgan fingerprint density at radius 2 is 2.26 bits per heavy atom. The highest BCUT2D eigenvalue weighted by Gasteiger charge is 2.04. The molecule has 5 nitrogen and oxygen atoms in total. The summed E-state index contributed by atoms with van der Waals surface area (Å²) in [6.07, 6.45) is 3.30. The van der Waals surface area contributed by atoms with Gasteiger partial charge in [-0.1, -0.05) is 23.7 Å². The van der Waals surface area contributed by atoms with Gasteiger partial charge in [-0.05, 0) is 24.6 Å². The molecule has 0 aliphatic rings. The van der Waals surface area contributed by atoms with E-state index in [1.54, 1.807) is 12.3 Å². The van der Waals surface area contributed by atoms with Crippen LogP contribution in [0.2, 0.25) is 5.02 Å². The molecule has 6 heteroatoms. The van der Waals surface area contributed by atoms with Gasteiger partial charge in [-0.25, -0.2) is 0 Å². The summed E-state index contributed by atoms with van der Waals surface area (Å²) in [6, 6.07) is 5.59. The van der Waals surface area contributed by atoms with Crippen LogP contribution >= 0.6 is 11.6 Å². The zero-order chi connectivity index (χ0) is 13.7. The van der Waals surface area contributed by atoms with Crippen LogP contribution in [0.1, 0.15) is 5.56 Å². The molecule has 2 aromatic rings. The summed E-state index contributed by atoms with van der Waals surface area (Å²) in [4.78, 5) is 4.29. The minimum absolute atomic E-state index is 0.416. The van der Waals surface area contributed by atoms with Gasteiger partial charge < -0.3 is 10.6 Å². The molecule has 0 aliphatic heterocycles. The molecule has 2 N–H and O–H groups in total. The highest BCUT2D eigenvalue weighted by Crippen LogP contribution is 2.22. The van der Waals surface area contributed by atoms with Crippen LogP contribution in [0.15, 0.2) is 37.1 Å². The molecular weight excluding hydrogens is 262 g/mol. The summed E-state index contributed by atoms with van der Waals surface area (Å²) >= 11 is 5.96. The fourth-order valence-electron chi connectivity index (χ4n) is 1.47. The number of aryl methyl sites for hydroxylation is 1. The first-order chi connectivity index (χ1) is 9.19. The van der Waals surface area contributed by atoms with E-state index in [-0.39, 0.29) is 0 Å². The first-order valence-electron chi connectivity index (χ1n) is 5.76. The van der Waals surface area contributed by atoms with Crippen LogP contribution in [0.25, 0.3) is 0 Å². The maximum Gasteiger partial charge on any atom is 0.249 e. The number of hydrogen-bond acceptors (Lipinski definition) is 5. The van der Waals surface area contributed by atoms with Gasteiger partial charge in [-0.2, -0.15) is 10.1 Å². The van der Waals surface area contributed by atoms with E-state index in [0.717, 1.165) is 11.3 Å². The van der Waals surface area contributed by atoms with E-state index < -0.39 is 0 Å². The van der Waals surface area contributed by atoms with Gasteiger partial charge >= 0.3 is 0 Å². The highest BCUT2D eigenvalue weighted by atomic mass is 35.5. The fraction of sp³-hybridized carbons (Fsp3) is 0.154. The van der Waals surface area contributed by atoms with Gasteiger partial charge in [-0.3, -0.25) is 0 Å². The van der Waals surface area contributed by atoms with Gasteiger partial charge in [0, 0.05) is 17.3 Å². The number of aromatic nitrogens is 3. The van der Waals surface area contributed by atoms with Gasteiger partial charge in [0.1, 0.15) is 0 Å². The molecule has 0 bridgehead atoms. The van der Waals surface area contributed by atoms with E-state index in [1.165, 1.54) is 0 Å². The van der Waals surface area contributed by atoms with Crippen molar-refractivity contribution in [3.8, 4) is 0 Å². The van der Waals surface area contributed by atoms with Crippen molar-refractivity contribution in [3.05, 3.63) is 47.6 Å². The van der Waals surface area contributed by atoms with E-state index in [4.69, 9.17) is 11.6 Å². The molecule has 19 heavy (non-hydrogen) atoms. The predicted octanol–water partition coefficient (Wildman–Crippen LogP) is 3.17. The average molecular weight is 276 g/mol. The predicted molar refractivity (Wildman–Crippen MR) is 78.0 cm³/mol. The van der Waals surface area contributed by atoms with Crippen LogP contribution in [0.4, 0.5) is 17.5 Å². The standard InChI is InChI=1S/C13H14ClN5/c1-3-6-15-12-8-16-19-13(18-12)17-11-7-10(14)5-4-9(11)2/h3-5,7-8H,1,6H2,2H3,(H2,15,17,18,19). The molecule has 0 unspecified atom stereocenters. The van der Waals surface area contributed by atoms with E-state index in [2.05, 4.69) is 32.4 Å². The number of nitrogens with one attached hydrogen (secondary N) is 2. The van der Waals surface area contributed by atoms with Crippen molar-refractivity contribution in [2.45, 2.75) is 6.92 Å². The van der Waals surface area contributed by atoms with Gasteiger partial charge in [0.05, 0.1) is 6.20 Å². The molecule has 0 amide bonds. The molecule has 98 valence electrons. The maximum absolute atomic E-state index is 5.96. The second-order valence-corrected chi connectivity index (χ2v) is 4.36. The molecule has 0 atom stereocenters. The summed E-state index contributed by atoms with van der Waals surface area (Å²) in [5.74, 6) is 1.05. The van der Waals surface area contributed by atoms with Crippen LogP contribution < -0.4 is 10.6 Å². The molecule has 1 aromatic carbocycles. The smallest absolute Gasteiger partial charge is 0.249 e. The van der Waals surface area contributed by atoms with Crippen LogP contribution in [-0.2, 0) is 0 Å². The number of nitrogens with zero attached hydrogens (tertiary/aromatic N) is 3. The van der Waals surface area contributed by atoms with E-state index >= 15 is 0 Å². The zero-order valence-corrected chi connectivity index (χ0v) is 11.3. The summed E-state index contributed by atoms with van der Waals surface area (Å²) in [5.41, 5.74) is 1.91. The molecule has 1 heterocycles. The maximum atomic E-state index is 5.96. The molecule has 0 saturated carbocycles. The quantitative estimate of drug-likeness (QED) is 0.821. The average Bonchev–Trinajstić information content (AvgIpc) is 2.41. The lowest BCUT2D eigenvalue weighted by Gasteiger charge is -2.09. The van der Waals surface area contributed by atoms with Gasteiger partial charge in [0.15, 0.2) is 5.82 Å². The third kappa shape index (κ3) is 3.66. The van der Waals surface area contributed by atoms with Crippen molar-refractivity contribution < 1.29 is 0 Å². The second-order valence-electron chi connectivity index (χ2n) is 3.92. The molecule has 1 aromatic heterocycles. The Labute approximate surface area is 116 Å². The molecule has 0 saturated heterocycles. The number of anilines is 3. The normalized spacial score (nSPS) is 10.0. The lowest BCUT2D eigenvalue weighted by molar-refractivity contribution is 0.975. The lowest BCUT2D eigenvalue weighted by Crippen LogP contribution is -2.05. The first-order valence-corrected chi connectivity index (χ1v) is 6.14. The highest BCUT2D eigenvalue weighted by molar-refractivity contribution is 6.30. The largest absolute Gasteiger partial charge is 0.365 e. The number of halogens is 1. The minimum Gasteiger partial charge on any atom is -0.365 e. The minimum atomic E-state index is 0.416. The molecule has 0 radical (unpaired) electrons. The molecule has 2 rings (SSSR count). The number of rotatable bonds is 5. The van der Waals surface area contributed by atoms with Crippen molar-refractivity contribution in [2.75, 3.05) is 17.2 Å². The fourth-order valence-corrected chi connectivity index (χ4v) is 1.64. The zero-order valence-electron chi connectivity index (χ0n) is 10.5. The van der Waals surface area contributed by atoms with Crippen molar-refractivity contribution >= 4 is 29.1 Å². The Bertz CT molecular complexity index is 585. The molecular formula is C13H14ClN5. The van der Waals surface area contributed by atoms with E-state index in [0.29, 0.717) is 23.3 Å². The monoisotopic (exact) mass is 275 g/mol. The van der Waals surface area contributed by atoms with Crippen LogP contribution in [0.5, 0.6) is 0 Å². The van der Waals surface area contributed by atoms with Crippen molar-refractivity contribution in [2.24, 2.45) is 0 Å². The van der Waals surface area contributed by atoms with E-state index in [1.807, 2.05) is 25.1 Å². The lowest BCUT2D eigenvalue weighted by atomic mass is 10.2. The summed E-state index contributed by atoms with van der Waals surface area (Å²) in [7, 11) is 0. The summed E-state index contributed by atoms with van der Waals surface area (Å²) in [6.45, 7) is 6.23. The third-order valence-electron chi connectivity index (χ3n) is 2.43. The number of hydrogen-bond donors (Lipinski definition) is 2. The third-order valence-corrected chi connectivity index (χ3v) is 2.67. The molecule has 0 fully saturated rings. The summed E-state index contributed by atoms with van der Waals surface area (Å²) < 4.78 is 0. The molecule has 0 aliphatic carbocycles. The van der Waals surface area contributed by atoms with Crippen LogP contribution in [0.3, 0.4) is 0 Å². The Morgan fingerprint density at radius 1 is 1.42 bits per heavy atom. The van der Waals surface area contributed by atoms with Crippen LogP contribution in [0, 0.1) is 6.92 Å². The SMILES string of the molecule is C=CCNc1cnnc(Nc2cc(Cl)ccc2C)n1. The number of benzene rings is 1. The Hall–Kier alpha value is -2.14. The molecule has 0 spiro atoms. The Balaban J connectivity index is 2.18. The van der Waals surface area contributed by atoms with E-state index in [9.17, 15) is 0 Å². The topological polar surface area (TPSA) is 62.7 Å². The Morgan fingerprint density at radius 3 is 3.05 bits per heavy atom. The van der Waals surface area contributed by atoms with Crippen LogP contribution in [-0.4, -0.2) is 21.7 Å². The first kappa shape index (κ1) is 13.3. The Kier molecular flexibility index (Phi) is 4.30. The van der Waals surface area contributed by atoms with Gasteiger partial charge in [0.25, 0.3) is 0 Å². The van der Waals surface area contributed by atoms with Gasteiger partial charge in [0.2, 0.25) is 5.95 Å². The van der Waals surface area contributed by atoms with Crippen molar-refractivity contribution in [3.63, 3.8) is 0 Å².